The minimum atomic E-state index is -0.849. The summed E-state index contributed by atoms with van der Waals surface area (Å²) in [5, 5.41) is 10.2. The Bertz CT molecular complexity index is 1200. The Balaban J connectivity index is 1.41. The van der Waals surface area contributed by atoms with E-state index >= 15 is 0 Å². The molecule has 5 atom stereocenters. The van der Waals surface area contributed by atoms with Crippen LogP contribution >= 0.6 is 0 Å². The maximum atomic E-state index is 13.2. The second-order valence-corrected chi connectivity index (χ2v) is 9.75. The van der Waals surface area contributed by atoms with Crippen LogP contribution in [0.4, 0.5) is 0 Å². The summed E-state index contributed by atoms with van der Waals surface area (Å²) in [7, 11) is 0. The lowest BCUT2D eigenvalue weighted by Gasteiger charge is -2.37. The third kappa shape index (κ3) is 3.09. The number of phenols is 1. The second-order valence-electron chi connectivity index (χ2n) is 9.75. The highest BCUT2D eigenvalue weighted by Gasteiger charge is 2.61. The zero-order chi connectivity index (χ0) is 23.3. The van der Waals surface area contributed by atoms with Crippen LogP contribution in [-0.2, 0) is 23.7 Å². The van der Waals surface area contributed by atoms with Crippen LogP contribution in [-0.4, -0.2) is 52.8 Å². The molecule has 3 saturated heterocycles. The number of phenolic OH excluding ortho intramolecular Hbond substituents is 1. The Morgan fingerprint density at radius 2 is 1.45 bits per heavy atom. The molecule has 0 amide bonds. The summed E-state index contributed by atoms with van der Waals surface area (Å²) in [5.74, 6) is -2.60. The van der Waals surface area contributed by atoms with Crippen molar-refractivity contribution in [3.8, 4) is 5.75 Å². The molecule has 1 aliphatic carbocycles. The highest BCUT2D eigenvalue weighted by atomic mass is 16.9. The molecule has 0 radical (unpaired) electrons. The normalized spacial score (nSPS) is 33.3. The van der Waals surface area contributed by atoms with E-state index in [0.29, 0.717) is 5.56 Å². The molecule has 0 saturated carbocycles. The van der Waals surface area contributed by atoms with Crippen LogP contribution in [0.25, 0.3) is 0 Å². The molecule has 8 heteroatoms. The molecule has 2 aromatic carbocycles. The number of aromatic hydroxyl groups is 1. The molecule has 2 aromatic rings. The number of carbonyl (C=O) groups is 2. The standard InChI is InChI=1S/C25H24O8/c1-24(2)30-20-19(29-23-22(21(20)31-24)32-25(3,4)33-23)11-8-9-12-14(10-11)17(27)13-6-5-7-15(26)16(13)18(12)28/h5-10,19-23,26H,1-4H3/t19-,20+,21+,22-,23-/m1/s1. The number of benzene rings is 2. The number of ether oxygens (including phenoxy) is 5. The first-order valence-electron chi connectivity index (χ1n) is 11.0. The summed E-state index contributed by atoms with van der Waals surface area (Å²) in [5.41, 5.74) is 1.39. The molecule has 4 aliphatic rings. The molecule has 6 rings (SSSR count). The predicted octanol–water partition coefficient (Wildman–Crippen LogP) is 3.24. The molecular weight excluding hydrogens is 428 g/mol. The highest BCUT2D eigenvalue weighted by molar-refractivity contribution is 6.29. The Morgan fingerprint density at radius 1 is 0.758 bits per heavy atom. The number of hydrogen-bond donors (Lipinski definition) is 1. The van der Waals surface area contributed by atoms with Gasteiger partial charge in [0.05, 0.1) is 5.56 Å². The summed E-state index contributed by atoms with van der Waals surface area (Å²) in [6.07, 6.45) is -2.66. The van der Waals surface area contributed by atoms with Gasteiger partial charge in [-0.3, -0.25) is 9.59 Å². The lowest BCUT2D eigenvalue weighted by Crippen LogP contribution is -2.51. The van der Waals surface area contributed by atoms with E-state index in [4.69, 9.17) is 23.7 Å². The van der Waals surface area contributed by atoms with E-state index in [-0.39, 0.29) is 39.6 Å². The van der Waals surface area contributed by atoms with Crippen LogP contribution in [0.1, 0.15) is 71.2 Å². The van der Waals surface area contributed by atoms with Crippen molar-refractivity contribution >= 4 is 11.6 Å². The van der Waals surface area contributed by atoms with Gasteiger partial charge in [-0.25, -0.2) is 0 Å². The molecule has 3 heterocycles. The van der Waals surface area contributed by atoms with Crippen LogP contribution in [0.3, 0.4) is 0 Å². The second kappa shape index (κ2) is 6.71. The summed E-state index contributed by atoms with van der Waals surface area (Å²) >= 11 is 0. The smallest absolute Gasteiger partial charge is 0.198 e. The van der Waals surface area contributed by atoms with Gasteiger partial charge in [0.25, 0.3) is 0 Å². The van der Waals surface area contributed by atoms with E-state index in [1.807, 2.05) is 27.7 Å². The van der Waals surface area contributed by atoms with E-state index in [0.717, 1.165) is 0 Å². The topological polar surface area (TPSA) is 101 Å². The third-order valence-electron chi connectivity index (χ3n) is 6.53. The van der Waals surface area contributed by atoms with Crippen LogP contribution in [0.2, 0.25) is 0 Å². The molecule has 3 fully saturated rings. The molecule has 8 nitrogen and oxygen atoms in total. The largest absolute Gasteiger partial charge is 0.507 e. The fourth-order valence-electron chi connectivity index (χ4n) is 5.25. The maximum absolute atomic E-state index is 13.2. The number of hydrogen-bond acceptors (Lipinski definition) is 8. The van der Waals surface area contributed by atoms with Gasteiger partial charge in [0.1, 0.15) is 30.2 Å². The SMILES string of the molecule is CC1(C)O[C@H]2[C@@H](O1)[C@@H](c1ccc3c(c1)C(=O)c1cccc(O)c1C3=O)O[C@@H]1OC(C)(C)O[C@@H]12. The van der Waals surface area contributed by atoms with E-state index in [1.165, 1.54) is 6.07 Å². The summed E-state index contributed by atoms with van der Waals surface area (Å²) in [6.45, 7) is 7.29. The van der Waals surface area contributed by atoms with E-state index in [2.05, 4.69) is 0 Å². The summed E-state index contributed by atoms with van der Waals surface area (Å²) in [6, 6.07) is 9.51. The number of ketones is 2. The van der Waals surface area contributed by atoms with E-state index < -0.39 is 42.3 Å². The van der Waals surface area contributed by atoms with Gasteiger partial charge in [0, 0.05) is 16.7 Å². The van der Waals surface area contributed by atoms with Gasteiger partial charge in [-0.2, -0.15) is 0 Å². The van der Waals surface area contributed by atoms with Gasteiger partial charge in [-0.15, -0.1) is 0 Å². The van der Waals surface area contributed by atoms with Crippen molar-refractivity contribution in [1.82, 2.24) is 0 Å². The molecule has 33 heavy (non-hydrogen) atoms. The molecule has 0 bridgehead atoms. The Morgan fingerprint density at radius 3 is 2.24 bits per heavy atom. The first-order chi connectivity index (χ1) is 15.5. The van der Waals surface area contributed by atoms with Crippen molar-refractivity contribution in [2.75, 3.05) is 0 Å². The maximum Gasteiger partial charge on any atom is 0.198 e. The highest BCUT2D eigenvalue weighted by Crippen LogP contribution is 2.49. The molecular formula is C25H24O8. The Hall–Kier alpha value is -2.62. The summed E-state index contributed by atoms with van der Waals surface area (Å²) < 4.78 is 30.7. The van der Waals surface area contributed by atoms with Crippen molar-refractivity contribution in [2.24, 2.45) is 0 Å². The fourth-order valence-corrected chi connectivity index (χ4v) is 5.25. The monoisotopic (exact) mass is 452 g/mol. The van der Waals surface area contributed by atoms with E-state index in [9.17, 15) is 14.7 Å². The zero-order valence-electron chi connectivity index (χ0n) is 18.7. The molecule has 0 aromatic heterocycles. The summed E-state index contributed by atoms with van der Waals surface area (Å²) in [4.78, 5) is 26.3. The van der Waals surface area contributed by atoms with Crippen LogP contribution < -0.4 is 0 Å². The van der Waals surface area contributed by atoms with Crippen molar-refractivity contribution in [2.45, 2.75) is 70.0 Å². The molecule has 1 N–H and O–H groups in total. The first-order valence-corrected chi connectivity index (χ1v) is 11.0. The van der Waals surface area contributed by atoms with Crippen molar-refractivity contribution in [1.29, 1.82) is 0 Å². The quantitative estimate of drug-likeness (QED) is 0.601. The average molecular weight is 452 g/mol. The molecule has 0 spiro atoms. The zero-order valence-corrected chi connectivity index (χ0v) is 18.7. The van der Waals surface area contributed by atoms with Gasteiger partial charge < -0.3 is 28.8 Å². The minimum Gasteiger partial charge on any atom is -0.507 e. The number of fused-ring (bicyclic) bond motifs is 5. The van der Waals surface area contributed by atoms with Crippen molar-refractivity contribution in [3.05, 3.63) is 64.2 Å². The number of rotatable bonds is 1. The average Bonchev–Trinajstić information content (AvgIpc) is 3.24. The van der Waals surface area contributed by atoms with Crippen molar-refractivity contribution < 1.29 is 38.4 Å². The Labute approximate surface area is 190 Å². The number of carbonyl (C=O) groups excluding carboxylic acids is 2. The van der Waals surface area contributed by atoms with Gasteiger partial charge in [0.2, 0.25) is 0 Å². The fraction of sp³-hybridized carbons (Fsp3) is 0.440. The van der Waals surface area contributed by atoms with Gasteiger partial charge >= 0.3 is 0 Å². The van der Waals surface area contributed by atoms with Crippen LogP contribution in [0, 0.1) is 0 Å². The van der Waals surface area contributed by atoms with Gasteiger partial charge in [-0.1, -0.05) is 18.2 Å². The predicted molar refractivity (Wildman–Crippen MR) is 113 cm³/mol. The van der Waals surface area contributed by atoms with Gasteiger partial charge in [-0.05, 0) is 51.5 Å². The molecule has 172 valence electrons. The van der Waals surface area contributed by atoms with Crippen LogP contribution in [0.5, 0.6) is 5.75 Å². The third-order valence-corrected chi connectivity index (χ3v) is 6.53. The lowest BCUT2D eigenvalue weighted by molar-refractivity contribution is -0.236. The molecule has 0 unspecified atom stereocenters. The van der Waals surface area contributed by atoms with E-state index in [1.54, 1.807) is 30.3 Å². The van der Waals surface area contributed by atoms with Crippen LogP contribution in [0.15, 0.2) is 36.4 Å². The molecule has 3 aliphatic heterocycles. The first kappa shape index (κ1) is 20.9. The minimum absolute atomic E-state index is 0.0348. The Kier molecular flexibility index (Phi) is 4.26. The lowest BCUT2D eigenvalue weighted by atomic mass is 9.81. The van der Waals surface area contributed by atoms with Gasteiger partial charge in [0.15, 0.2) is 29.4 Å². The van der Waals surface area contributed by atoms with Crippen molar-refractivity contribution in [3.63, 3.8) is 0 Å².